The predicted octanol–water partition coefficient (Wildman–Crippen LogP) is 2.22. The maximum absolute atomic E-state index is 12.3. The van der Waals surface area contributed by atoms with Gasteiger partial charge in [0.15, 0.2) is 0 Å². The van der Waals surface area contributed by atoms with Gasteiger partial charge < -0.3 is 10.2 Å². The fourth-order valence-corrected chi connectivity index (χ4v) is 3.79. The SMILES string of the molecule is C[C@H](C(=O)NCCCN(C)C)N(c1cc(Cl)ccc1Cl)S(C)(=O)=O. The maximum Gasteiger partial charge on any atom is 0.243 e. The van der Waals surface area contributed by atoms with Crippen molar-refractivity contribution >= 4 is 44.8 Å². The van der Waals surface area contributed by atoms with E-state index in [1.807, 2.05) is 19.0 Å². The molecule has 0 saturated heterocycles. The molecule has 0 aromatic heterocycles. The Kier molecular flexibility index (Phi) is 7.79. The summed E-state index contributed by atoms with van der Waals surface area (Å²) in [7, 11) is 0.159. The smallest absolute Gasteiger partial charge is 0.243 e. The van der Waals surface area contributed by atoms with Crippen molar-refractivity contribution in [1.29, 1.82) is 0 Å². The first kappa shape index (κ1) is 21.0. The van der Waals surface area contributed by atoms with E-state index in [-0.39, 0.29) is 10.7 Å². The van der Waals surface area contributed by atoms with Gasteiger partial charge in [0.2, 0.25) is 15.9 Å². The van der Waals surface area contributed by atoms with Crippen molar-refractivity contribution in [3.8, 4) is 0 Å². The van der Waals surface area contributed by atoms with Crippen LogP contribution in [0.4, 0.5) is 5.69 Å². The highest BCUT2D eigenvalue weighted by molar-refractivity contribution is 7.92. The third kappa shape index (κ3) is 6.12. The van der Waals surface area contributed by atoms with Crippen LogP contribution in [0.3, 0.4) is 0 Å². The number of nitrogens with zero attached hydrogens (tertiary/aromatic N) is 2. The van der Waals surface area contributed by atoms with E-state index >= 15 is 0 Å². The minimum absolute atomic E-state index is 0.183. The van der Waals surface area contributed by atoms with Gasteiger partial charge in [0, 0.05) is 11.6 Å². The van der Waals surface area contributed by atoms with Gasteiger partial charge in [-0.1, -0.05) is 23.2 Å². The van der Waals surface area contributed by atoms with Crippen molar-refractivity contribution in [2.45, 2.75) is 19.4 Å². The molecule has 0 saturated carbocycles. The number of hydrogen-bond acceptors (Lipinski definition) is 4. The summed E-state index contributed by atoms with van der Waals surface area (Å²) in [4.78, 5) is 14.3. The Bertz CT molecular complexity index is 681. The van der Waals surface area contributed by atoms with Crippen molar-refractivity contribution in [3.63, 3.8) is 0 Å². The number of benzene rings is 1. The molecule has 1 aromatic rings. The Balaban J connectivity index is 2.97. The van der Waals surface area contributed by atoms with Crippen LogP contribution in [0.25, 0.3) is 0 Å². The summed E-state index contributed by atoms with van der Waals surface area (Å²) in [5.41, 5.74) is 0.183. The van der Waals surface area contributed by atoms with E-state index in [1.54, 1.807) is 6.07 Å². The number of amides is 1. The van der Waals surface area contributed by atoms with Crippen molar-refractivity contribution < 1.29 is 13.2 Å². The second-order valence-electron chi connectivity index (χ2n) is 5.78. The summed E-state index contributed by atoms with van der Waals surface area (Å²) >= 11 is 12.0. The van der Waals surface area contributed by atoms with Gasteiger partial charge >= 0.3 is 0 Å². The van der Waals surface area contributed by atoms with E-state index in [9.17, 15) is 13.2 Å². The van der Waals surface area contributed by atoms with Gasteiger partial charge in [0.1, 0.15) is 6.04 Å². The largest absolute Gasteiger partial charge is 0.354 e. The summed E-state index contributed by atoms with van der Waals surface area (Å²) in [6.07, 6.45) is 1.79. The van der Waals surface area contributed by atoms with Crippen LogP contribution in [0.15, 0.2) is 18.2 Å². The highest BCUT2D eigenvalue weighted by atomic mass is 35.5. The van der Waals surface area contributed by atoms with Gasteiger partial charge in [0.25, 0.3) is 0 Å². The van der Waals surface area contributed by atoms with Crippen molar-refractivity contribution in [2.75, 3.05) is 37.7 Å². The first-order chi connectivity index (χ1) is 11.0. The number of carbonyl (C=O) groups excluding carboxylic acids is 1. The van der Waals surface area contributed by atoms with Gasteiger partial charge in [-0.15, -0.1) is 0 Å². The lowest BCUT2D eigenvalue weighted by Gasteiger charge is -2.29. The van der Waals surface area contributed by atoms with E-state index in [0.717, 1.165) is 23.5 Å². The normalized spacial score (nSPS) is 13.0. The molecule has 1 N–H and O–H groups in total. The number of hydrogen-bond donors (Lipinski definition) is 1. The number of rotatable bonds is 8. The number of anilines is 1. The topological polar surface area (TPSA) is 69.7 Å². The highest BCUT2D eigenvalue weighted by Crippen LogP contribution is 2.32. The van der Waals surface area contributed by atoms with Gasteiger partial charge in [0.05, 0.1) is 17.0 Å². The van der Waals surface area contributed by atoms with Gasteiger partial charge in [-0.25, -0.2) is 8.42 Å². The van der Waals surface area contributed by atoms with E-state index in [2.05, 4.69) is 5.32 Å². The van der Waals surface area contributed by atoms with E-state index in [0.29, 0.717) is 11.6 Å². The van der Waals surface area contributed by atoms with Gasteiger partial charge in [-0.3, -0.25) is 9.10 Å². The fraction of sp³-hybridized carbons (Fsp3) is 0.533. The molecule has 0 aliphatic carbocycles. The average Bonchev–Trinajstić information content (AvgIpc) is 2.45. The van der Waals surface area contributed by atoms with Crippen LogP contribution < -0.4 is 9.62 Å². The molecule has 0 fully saturated rings. The average molecular weight is 396 g/mol. The predicted molar refractivity (Wildman–Crippen MR) is 99.4 cm³/mol. The molecule has 24 heavy (non-hydrogen) atoms. The molecule has 1 amide bonds. The quantitative estimate of drug-likeness (QED) is 0.685. The molecular weight excluding hydrogens is 373 g/mol. The lowest BCUT2D eigenvalue weighted by molar-refractivity contribution is -0.121. The van der Waals surface area contributed by atoms with Crippen molar-refractivity contribution in [1.82, 2.24) is 10.2 Å². The van der Waals surface area contributed by atoms with Crippen LogP contribution >= 0.6 is 23.2 Å². The molecule has 0 spiro atoms. The van der Waals surface area contributed by atoms with E-state index < -0.39 is 22.0 Å². The number of nitrogens with one attached hydrogen (secondary N) is 1. The maximum atomic E-state index is 12.3. The lowest BCUT2D eigenvalue weighted by atomic mass is 10.2. The highest BCUT2D eigenvalue weighted by Gasteiger charge is 2.30. The van der Waals surface area contributed by atoms with Crippen LogP contribution in [0.1, 0.15) is 13.3 Å². The lowest BCUT2D eigenvalue weighted by Crippen LogP contribution is -2.48. The fourth-order valence-electron chi connectivity index (χ4n) is 2.19. The standard InChI is InChI=1S/C15H23Cl2N3O3S/c1-11(15(21)18-8-5-9-19(2)3)20(24(4,22)23)14-10-12(16)6-7-13(14)17/h6-7,10-11H,5,8-9H2,1-4H3,(H,18,21)/t11-/m1/s1. The second kappa shape index (κ2) is 8.89. The molecule has 9 heteroatoms. The molecule has 0 aliphatic rings. The van der Waals surface area contributed by atoms with Crippen molar-refractivity contribution in [3.05, 3.63) is 28.2 Å². The number of halogens is 2. The van der Waals surface area contributed by atoms with Crippen LogP contribution in [0.2, 0.25) is 10.0 Å². The molecular formula is C15H23Cl2N3O3S. The molecule has 136 valence electrons. The number of carbonyl (C=O) groups is 1. The third-order valence-corrected chi connectivity index (χ3v) is 5.10. The summed E-state index contributed by atoms with van der Waals surface area (Å²) in [5, 5.41) is 3.29. The zero-order chi connectivity index (χ0) is 18.5. The first-order valence-corrected chi connectivity index (χ1v) is 10.0. The Morgan fingerprint density at radius 1 is 1.29 bits per heavy atom. The molecule has 1 aromatic carbocycles. The summed E-state index contributed by atoms with van der Waals surface area (Å²) in [6, 6.07) is 3.54. The zero-order valence-corrected chi connectivity index (χ0v) is 16.5. The molecule has 1 rings (SSSR count). The third-order valence-electron chi connectivity index (χ3n) is 3.32. The van der Waals surface area contributed by atoms with Crippen LogP contribution in [0, 0.1) is 0 Å². The molecule has 0 heterocycles. The molecule has 6 nitrogen and oxygen atoms in total. The Morgan fingerprint density at radius 3 is 2.46 bits per heavy atom. The Morgan fingerprint density at radius 2 is 1.92 bits per heavy atom. The summed E-state index contributed by atoms with van der Waals surface area (Å²) in [5.74, 6) is -0.393. The Labute approximate surface area is 153 Å². The molecule has 0 bridgehead atoms. The monoisotopic (exact) mass is 395 g/mol. The first-order valence-electron chi connectivity index (χ1n) is 7.41. The summed E-state index contributed by atoms with van der Waals surface area (Å²) in [6.45, 7) is 2.80. The van der Waals surface area contributed by atoms with E-state index in [1.165, 1.54) is 19.1 Å². The van der Waals surface area contributed by atoms with Crippen LogP contribution in [-0.4, -0.2) is 58.7 Å². The second-order valence-corrected chi connectivity index (χ2v) is 8.48. The number of sulfonamides is 1. The zero-order valence-electron chi connectivity index (χ0n) is 14.2. The minimum atomic E-state index is -3.72. The molecule has 1 atom stereocenters. The summed E-state index contributed by atoms with van der Waals surface area (Å²) < 4.78 is 25.4. The van der Waals surface area contributed by atoms with Crippen LogP contribution in [0.5, 0.6) is 0 Å². The minimum Gasteiger partial charge on any atom is -0.354 e. The molecule has 0 radical (unpaired) electrons. The van der Waals surface area contributed by atoms with Crippen LogP contribution in [-0.2, 0) is 14.8 Å². The Hall–Kier alpha value is -1.02. The van der Waals surface area contributed by atoms with Crippen molar-refractivity contribution in [2.24, 2.45) is 0 Å². The molecule has 0 unspecified atom stereocenters. The van der Waals surface area contributed by atoms with Gasteiger partial charge in [-0.05, 0) is 52.2 Å². The molecule has 0 aliphatic heterocycles. The van der Waals surface area contributed by atoms with E-state index in [4.69, 9.17) is 23.2 Å². The van der Waals surface area contributed by atoms with Gasteiger partial charge in [-0.2, -0.15) is 0 Å².